The van der Waals surface area contributed by atoms with E-state index in [1.807, 2.05) is 48.5 Å². The zero-order valence-corrected chi connectivity index (χ0v) is 18.4. The zero-order chi connectivity index (χ0) is 22.6. The summed E-state index contributed by atoms with van der Waals surface area (Å²) >= 11 is 0. The Morgan fingerprint density at radius 1 is 1.09 bits per heavy atom. The number of carbonyl (C=O) groups is 1. The molecule has 0 fully saturated rings. The number of hydrogen-bond acceptors (Lipinski definition) is 5. The normalized spacial score (nSPS) is 14.0. The second kappa shape index (κ2) is 9.14. The van der Waals surface area contributed by atoms with Crippen molar-refractivity contribution in [3.05, 3.63) is 89.0 Å². The van der Waals surface area contributed by atoms with E-state index in [2.05, 4.69) is 24.4 Å². The minimum Gasteiger partial charge on any atom is -0.493 e. The lowest BCUT2D eigenvalue weighted by molar-refractivity contribution is 0.0954. The van der Waals surface area contributed by atoms with Gasteiger partial charge in [-0.2, -0.15) is 5.10 Å². The van der Waals surface area contributed by atoms with Crippen LogP contribution in [-0.4, -0.2) is 24.8 Å². The van der Waals surface area contributed by atoms with Crippen molar-refractivity contribution in [1.82, 2.24) is 5.43 Å². The number of fused-ring (bicyclic) bond motifs is 1. The van der Waals surface area contributed by atoms with Gasteiger partial charge in [0.25, 0.3) is 5.91 Å². The maximum Gasteiger partial charge on any atom is 0.271 e. The highest BCUT2D eigenvalue weighted by molar-refractivity contribution is 5.95. The highest BCUT2D eigenvalue weighted by atomic mass is 16.5. The van der Waals surface area contributed by atoms with Gasteiger partial charge in [0.05, 0.1) is 13.3 Å². The van der Waals surface area contributed by atoms with Crippen LogP contribution in [0.1, 0.15) is 40.9 Å². The lowest BCUT2D eigenvalue weighted by atomic mass is 10.0. The molecule has 0 aromatic heterocycles. The van der Waals surface area contributed by atoms with Crippen LogP contribution < -0.4 is 19.6 Å². The van der Waals surface area contributed by atoms with Gasteiger partial charge in [-0.1, -0.05) is 30.3 Å². The molecule has 0 bridgehead atoms. The number of carbonyl (C=O) groups excluding carboxylic acids is 1. The predicted molar refractivity (Wildman–Crippen MR) is 124 cm³/mol. The Morgan fingerprint density at radius 2 is 1.91 bits per heavy atom. The molecule has 4 rings (SSSR count). The molecule has 1 aliphatic rings. The maximum atomic E-state index is 12.5. The molecule has 1 amide bonds. The first-order chi connectivity index (χ1) is 15.4. The van der Waals surface area contributed by atoms with Crippen LogP contribution in [0.5, 0.6) is 17.2 Å². The Kier molecular flexibility index (Phi) is 6.12. The summed E-state index contributed by atoms with van der Waals surface area (Å²) in [5.74, 6) is 1.62. The number of nitrogens with one attached hydrogen (secondary N) is 1. The molecule has 6 heteroatoms. The molecule has 3 aromatic rings. The van der Waals surface area contributed by atoms with Crippen molar-refractivity contribution in [3.8, 4) is 17.2 Å². The summed E-state index contributed by atoms with van der Waals surface area (Å²) in [6, 6.07) is 20.8. The molecule has 0 saturated carbocycles. The number of nitrogens with zero attached hydrogens (tertiary/aromatic N) is 1. The van der Waals surface area contributed by atoms with Crippen molar-refractivity contribution < 1.29 is 19.0 Å². The lowest BCUT2D eigenvalue weighted by Gasteiger charge is -2.16. The highest BCUT2D eigenvalue weighted by Gasteiger charge is 2.29. The van der Waals surface area contributed by atoms with E-state index < -0.39 is 0 Å². The Labute approximate surface area is 187 Å². The average Bonchev–Trinajstić information content (AvgIpc) is 3.11. The molecule has 1 heterocycles. The minimum absolute atomic E-state index is 0.192. The number of hydrogen-bond donors (Lipinski definition) is 1. The molecule has 0 aliphatic carbocycles. The fraction of sp³-hybridized carbons (Fsp3) is 0.231. The summed E-state index contributed by atoms with van der Waals surface area (Å²) in [5, 5.41) is 4.10. The van der Waals surface area contributed by atoms with E-state index in [0.29, 0.717) is 23.7 Å². The minimum atomic E-state index is -0.334. The van der Waals surface area contributed by atoms with Crippen molar-refractivity contribution in [2.45, 2.75) is 32.5 Å². The zero-order valence-electron chi connectivity index (χ0n) is 18.4. The van der Waals surface area contributed by atoms with E-state index in [1.54, 1.807) is 31.5 Å². The molecule has 0 atom stereocenters. The predicted octanol–water partition coefficient (Wildman–Crippen LogP) is 4.75. The summed E-state index contributed by atoms with van der Waals surface area (Å²) in [5.41, 5.74) is 5.88. The summed E-state index contributed by atoms with van der Waals surface area (Å²) in [7, 11) is 1.55. The van der Waals surface area contributed by atoms with E-state index in [1.165, 1.54) is 0 Å². The molecular weight excluding hydrogens is 404 g/mol. The average molecular weight is 431 g/mol. The second-order valence-electron chi connectivity index (χ2n) is 8.24. The van der Waals surface area contributed by atoms with Gasteiger partial charge in [0.2, 0.25) is 0 Å². The number of ether oxygens (including phenoxy) is 3. The number of rotatable bonds is 7. The highest BCUT2D eigenvalue weighted by Crippen LogP contribution is 2.35. The first-order valence-corrected chi connectivity index (χ1v) is 10.4. The molecule has 164 valence electrons. The van der Waals surface area contributed by atoms with E-state index in [-0.39, 0.29) is 11.5 Å². The van der Waals surface area contributed by atoms with Gasteiger partial charge in [-0.05, 0) is 66.9 Å². The number of hydrazone groups is 1. The van der Waals surface area contributed by atoms with Crippen molar-refractivity contribution in [2.24, 2.45) is 5.10 Å². The molecule has 0 saturated heterocycles. The summed E-state index contributed by atoms with van der Waals surface area (Å²) in [6.07, 6.45) is 2.47. The number of methoxy groups -OCH3 is 1. The van der Waals surface area contributed by atoms with Gasteiger partial charge in [-0.3, -0.25) is 4.79 Å². The Hall–Kier alpha value is -3.80. The molecule has 0 spiro atoms. The van der Waals surface area contributed by atoms with Crippen molar-refractivity contribution in [3.63, 3.8) is 0 Å². The van der Waals surface area contributed by atoms with Gasteiger partial charge in [0.15, 0.2) is 11.5 Å². The molecule has 1 aliphatic heterocycles. The van der Waals surface area contributed by atoms with Crippen LogP contribution in [0.25, 0.3) is 0 Å². The monoisotopic (exact) mass is 430 g/mol. The molecule has 0 unspecified atom stereocenters. The largest absolute Gasteiger partial charge is 0.493 e. The fourth-order valence-electron chi connectivity index (χ4n) is 3.60. The van der Waals surface area contributed by atoms with Gasteiger partial charge < -0.3 is 14.2 Å². The Balaban J connectivity index is 1.38. The van der Waals surface area contributed by atoms with E-state index in [9.17, 15) is 4.79 Å². The lowest BCUT2D eigenvalue weighted by Crippen LogP contribution is -2.24. The van der Waals surface area contributed by atoms with Crippen LogP contribution in [0.2, 0.25) is 0 Å². The third kappa shape index (κ3) is 5.09. The summed E-state index contributed by atoms with van der Waals surface area (Å²) in [6.45, 7) is 4.54. The van der Waals surface area contributed by atoms with E-state index in [0.717, 1.165) is 28.9 Å². The Bertz CT molecular complexity index is 1140. The molecule has 3 aromatic carbocycles. The van der Waals surface area contributed by atoms with E-state index in [4.69, 9.17) is 14.2 Å². The third-order valence-electron chi connectivity index (χ3n) is 5.13. The molecule has 1 N–H and O–H groups in total. The van der Waals surface area contributed by atoms with Crippen molar-refractivity contribution >= 4 is 12.1 Å². The van der Waals surface area contributed by atoms with Gasteiger partial charge >= 0.3 is 0 Å². The van der Waals surface area contributed by atoms with Crippen LogP contribution in [-0.2, 0) is 13.0 Å². The third-order valence-corrected chi connectivity index (χ3v) is 5.13. The van der Waals surface area contributed by atoms with Gasteiger partial charge in [0.1, 0.15) is 18.0 Å². The number of benzene rings is 3. The Morgan fingerprint density at radius 3 is 2.69 bits per heavy atom. The molecule has 6 nitrogen and oxygen atoms in total. The van der Waals surface area contributed by atoms with Crippen LogP contribution in [0.3, 0.4) is 0 Å². The van der Waals surface area contributed by atoms with Crippen LogP contribution in [0, 0.1) is 0 Å². The first-order valence-electron chi connectivity index (χ1n) is 10.4. The van der Waals surface area contributed by atoms with Crippen LogP contribution in [0.15, 0.2) is 71.8 Å². The molecule has 32 heavy (non-hydrogen) atoms. The molecule has 0 radical (unpaired) electrons. The summed E-state index contributed by atoms with van der Waals surface area (Å²) < 4.78 is 17.1. The number of amides is 1. The maximum absolute atomic E-state index is 12.5. The molecular formula is C26H26N2O4. The standard InChI is InChI=1S/C26H26N2O4/c1-26(2)15-21-13-19(9-11-22(21)32-26)16-27-28-25(29)20-10-12-23(24(14-20)30-3)31-17-18-7-5-4-6-8-18/h4-14,16H,15,17H2,1-3H3,(H,28,29)/b27-16+. The van der Waals surface area contributed by atoms with Crippen LogP contribution in [0.4, 0.5) is 0 Å². The van der Waals surface area contributed by atoms with Gasteiger partial charge in [-0.15, -0.1) is 0 Å². The second-order valence-corrected chi connectivity index (χ2v) is 8.24. The van der Waals surface area contributed by atoms with Gasteiger partial charge in [-0.25, -0.2) is 5.43 Å². The summed E-state index contributed by atoms with van der Waals surface area (Å²) in [4.78, 5) is 12.5. The van der Waals surface area contributed by atoms with Crippen LogP contribution >= 0.6 is 0 Å². The SMILES string of the molecule is COc1cc(C(=O)N/N=C/c2ccc3c(c2)CC(C)(C)O3)ccc1OCc1ccccc1. The first kappa shape index (κ1) is 21.4. The quantitative estimate of drug-likeness (QED) is 0.434. The van der Waals surface area contributed by atoms with Gasteiger partial charge in [0, 0.05) is 12.0 Å². The topological polar surface area (TPSA) is 69.2 Å². The van der Waals surface area contributed by atoms with E-state index >= 15 is 0 Å². The van der Waals surface area contributed by atoms with Crippen molar-refractivity contribution in [2.75, 3.05) is 7.11 Å². The van der Waals surface area contributed by atoms with Crippen molar-refractivity contribution in [1.29, 1.82) is 0 Å². The fourth-order valence-corrected chi connectivity index (χ4v) is 3.60. The smallest absolute Gasteiger partial charge is 0.271 e.